The average Bonchev–Trinajstić information content (AvgIpc) is 2.59. The molecule has 0 atom stereocenters. The second-order valence-corrected chi connectivity index (χ2v) is 4.92. The lowest BCUT2D eigenvalue weighted by Gasteiger charge is -2.01. The summed E-state index contributed by atoms with van der Waals surface area (Å²) in [7, 11) is 0. The van der Waals surface area contributed by atoms with Crippen LogP contribution in [0, 0.1) is 0 Å². The predicted octanol–water partition coefficient (Wildman–Crippen LogP) is 5.20. The van der Waals surface area contributed by atoms with Gasteiger partial charge >= 0.3 is 0 Å². The Labute approximate surface area is 127 Å². The molecule has 0 amide bonds. The number of nitrogens with zero attached hydrogens (tertiary/aromatic N) is 4. The largest absolute Gasteiger partial charge is 0.245 e. The van der Waals surface area contributed by atoms with E-state index >= 15 is 0 Å². The monoisotopic (exact) mass is 284 g/mol. The van der Waals surface area contributed by atoms with E-state index in [2.05, 4.69) is 20.2 Å². The second-order valence-electron chi connectivity index (χ2n) is 4.92. The van der Waals surface area contributed by atoms with Gasteiger partial charge in [0.2, 0.25) is 0 Å². The van der Waals surface area contributed by atoms with Crippen LogP contribution in [0.5, 0.6) is 0 Å². The van der Waals surface area contributed by atoms with Crippen LogP contribution in [-0.4, -0.2) is 9.97 Å². The Morgan fingerprint density at radius 2 is 1.09 bits per heavy atom. The molecule has 0 saturated carbocycles. The first-order valence-corrected chi connectivity index (χ1v) is 7.02. The number of rotatable bonds is 2. The highest BCUT2D eigenvalue weighted by Gasteiger charge is 2.02. The maximum Gasteiger partial charge on any atom is 0.0916 e. The molecule has 4 aromatic rings. The Balaban J connectivity index is 1.76. The summed E-state index contributed by atoms with van der Waals surface area (Å²) in [6.07, 6.45) is 0. The predicted molar refractivity (Wildman–Crippen MR) is 87.7 cm³/mol. The Morgan fingerprint density at radius 3 is 1.86 bits per heavy atom. The summed E-state index contributed by atoms with van der Waals surface area (Å²) in [5.41, 5.74) is 5.05. The van der Waals surface area contributed by atoms with Gasteiger partial charge in [-0.3, -0.25) is 0 Å². The van der Waals surface area contributed by atoms with Gasteiger partial charge in [-0.15, -0.1) is 0 Å². The SMILES string of the molecule is c1ccc(N=Nc2ccc3nc4ccccc4nc3c2)cc1. The first-order valence-electron chi connectivity index (χ1n) is 7.02. The van der Waals surface area contributed by atoms with E-state index in [9.17, 15) is 0 Å². The van der Waals surface area contributed by atoms with E-state index in [1.165, 1.54) is 0 Å². The van der Waals surface area contributed by atoms with Crippen LogP contribution >= 0.6 is 0 Å². The van der Waals surface area contributed by atoms with Crippen molar-refractivity contribution in [2.24, 2.45) is 10.2 Å². The Bertz CT molecular complexity index is 978. The Kier molecular flexibility index (Phi) is 3.05. The number of fused-ring (bicyclic) bond motifs is 2. The van der Waals surface area contributed by atoms with Crippen molar-refractivity contribution in [3.8, 4) is 0 Å². The highest BCUT2D eigenvalue weighted by Crippen LogP contribution is 2.23. The van der Waals surface area contributed by atoms with Crippen LogP contribution < -0.4 is 0 Å². The average molecular weight is 284 g/mol. The van der Waals surface area contributed by atoms with Crippen molar-refractivity contribution in [2.45, 2.75) is 0 Å². The van der Waals surface area contributed by atoms with Crippen LogP contribution in [0.4, 0.5) is 11.4 Å². The summed E-state index contributed by atoms with van der Waals surface area (Å²) in [6.45, 7) is 0. The number of hydrogen-bond donors (Lipinski definition) is 0. The third-order valence-electron chi connectivity index (χ3n) is 3.36. The van der Waals surface area contributed by atoms with Crippen molar-refractivity contribution in [3.63, 3.8) is 0 Å². The maximum absolute atomic E-state index is 4.63. The van der Waals surface area contributed by atoms with Crippen molar-refractivity contribution in [2.75, 3.05) is 0 Å². The minimum atomic E-state index is 0.765. The maximum atomic E-state index is 4.63. The third kappa shape index (κ3) is 2.42. The van der Waals surface area contributed by atoms with E-state index in [1.54, 1.807) is 0 Å². The van der Waals surface area contributed by atoms with E-state index in [1.807, 2.05) is 72.8 Å². The zero-order chi connectivity index (χ0) is 14.8. The third-order valence-corrected chi connectivity index (χ3v) is 3.36. The van der Waals surface area contributed by atoms with E-state index in [0.717, 1.165) is 33.4 Å². The summed E-state index contributed by atoms with van der Waals surface area (Å²) in [5.74, 6) is 0. The summed E-state index contributed by atoms with van der Waals surface area (Å²) in [4.78, 5) is 9.23. The molecule has 104 valence electrons. The van der Waals surface area contributed by atoms with Gasteiger partial charge in [0.15, 0.2) is 0 Å². The molecular weight excluding hydrogens is 272 g/mol. The van der Waals surface area contributed by atoms with Crippen LogP contribution in [0.2, 0.25) is 0 Å². The molecule has 0 aliphatic heterocycles. The smallest absolute Gasteiger partial charge is 0.0916 e. The molecule has 0 radical (unpaired) electrons. The molecule has 1 aromatic heterocycles. The van der Waals surface area contributed by atoms with Crippen molar-refractivity contribution >= 4 is 33.4 Å². The zero-order valence-electron chi connectivity index (χ0n) is 11.7. The molecule has 3 aromatic carbocycles. The summed E-state index contributed by atoms with van der Waals surface area (Å²) >= 11 is 0. The first kappa shape index (κ1) is 12.6. The van der Waals surface area contributed by atoms with Gasteiger partial charge in [0.1, 0.15) is 0 Å². The molecule has 0 aliphatic carbocycles. The van der Waals surface area contributed by atoms with Gasteiger partial charge < -0.3 is 0 Å². The molecule has 0 saturated heterocycles. The lowest BCUT2D eigenvalue weighted by molar-refractivity contribution is 1.23. The Hall–Kier alpha value is -3.14. The van der Waals surface area contributed by atoms with Crippen LogP contribution in [0.15, 0.2) is 83.0 Å². The van der Waals surface area contributed by atoms with E-state index in [0.29, 0.717) is 0 Å². The summed E-state index contributed by atoms with van der Waals surface area (Å²) < 4.78 is 0. The topological polar surface area (TPSA) is 50.5 Å². The number of benzene rings is 3. The number of hydrogen-bond acceptors (Lipinski definition) is 4. The quantitative estimate of drug-likeness (QED) is 0.375. The second kappa shape index (κ2) is 5.33. The molecular formula is C18H12N4. The highest BCUT2D eigenvalue weighted by molar-refractivity contribution is 5.87. The molecule has 0 spiro atoms. The molecule has 0 N–H and O–H groups in total. The van der Waals surface area contributed by atoms with Gasteiger partial charge in [0.25, 0.3) is 0 Å². The lowest BCUT2D eigenvalue weighted by atomic mass is 10.2. The minimum absolute atomic E-state index is 0.765. The summed E-state index contributed by atoms with van der Waals surface area (Å²) in [6, 6.07) is 23.2. The minimum Gasteiger partial charge on any atom is -0.245 e. The molecule has 4 rings (SSSR count). The molecule has 1 heterocycles. The molecule has 4 nitrogen and oxygen atoms in total. The van der Waals surface area contributed by atoms with Crippen molar-refractivity contribution < 1.29 is 0 Å². The standard InChI is InChI=1S/C18H12N4/c1-2-6-13(7-3-1)21-22-14-10-11-17-18(12-14)20-16-9-5-4-8-15(16)19-17/h1-12H. The van der Waals surface area contributed by atoms with Gasteiger partial charge in [-0.2, -0.15) is 10.2 Å². The number of azo groups is 1. The molecule has 22 heavy (non-hydrogen) atoms. The van der Waals surface area contributed by atoms with Crippen LogP contribution in [0.25, 0.3) is 22.1 Å². The normalized spacial score (nSPS) is 11.5. The molecule has 4 heteroatoms. The molecule has 0 unspecified atom stereocenters. The van der Waals surface area contributed by atoms with Gasteiger partial charge in [-0.05, 0) is 42.5 Å². The number of para-hydroxylation sites is 2. The van der Waals surface area contributed by atoms with Crippen molar-refractivity contribution in [1.29, 1.82) is 0 Å². The van der Waals surface area contributed by atoms with Crippen molar-refractivity contribution in [1.82, 2.24) is 9.97 Å². The summed E-state index contributed by atoms with van der Waals surface area (Å²) in [5, 5.41) is 8.49. The lowest BCUT2D eigenvalue weighted by Crippen LogP contribution is -1.86. The van der Waals surface area contributed by atoms with Crippen LogP contribution in [0.3, 0.4) is 0 Å². The van der Waals surface area contributed by atoms with Gasteiger partial charge in [-0.1, -0.05) is 30.3 Å². The number of aromatic nitrogens is 2. The van der Waals surface area contributed by atoms with Gasteiger partial charge in [0, 0.05) is 0 Å². The van der Waals surface area contributed by atoms with Gasteiger partial charge in [-0.25, -0.2) is 9.97 Å². The molecule has 0 bridgehead atoms. The van der Waals surface area contributed by atoms with E-state index in [4.69, 9.17) is 0 Å². The van der Waals surface area contributed by atoms with Crippen molar-refractivity contribution in [3.05, 3.63) is 72.8 Å². The molecule has 0 fully saturated rings. The zero-order valence-corrected chi connectivity index (χ0v) is 11.7. The van der Waals surface area contributed by atoms with Gasteiger partial charge in [0.05, 0.1) is 33.4 Å². The first-order chi connectivity index (χ1) is 10.9. The fourth-order valence-electron chi connectivity index (χ4n) is 2.28. The Morgan fingerprint density at radius 1 is 0.500 bits per heavy atom. The molecule has 0 aliphatic rings. The van der Waals surface area contributed by atoms with E-state index in [-0.39, 0.29) is 0 Å². The fourth-order valence-corrected chi connectivity index (χ4v) is 2.28. The van der Waals surface area contributed by atoms with Crippen LogP contribution in [0.1, 0.15) is 0 Å². The van der Waals surface area contributed by atoms with Crippen LogP contribution in [-0.2, 0) is 0 Å². The van der Waals surface area contributed by atoms with E-state index < -0.39 is 0 Å². The highest BCUT2D eigenvalue weighted by atomic mass is 15.1. The fraction of sp³-hybridized carbons (Fsp3) is 0.